The predicted molar refractivity (Wildman–Crippen MR) is 126 cm³/mol. The first kappa shape index (κ1) is 20.5. The van der Waals surface area contributed by atoms with Crippen LogP contribution in [0.25, 0.3) is 11.1 Å². The smallest absolute Gasteiger partial charge is 0.267 e. The van der Waals surface area contributed by atoms with Crippen LogP contribution in [-0.4, -0.2) is 12.4 Å². The summed E-state index contributed by atoms with van der Waals surface area (Å²) in [5.74, 6) is 0. The second-order valence-corrected chi connectivity index (χ2v) is 8.93. The number of nitrogens with zero attached hydrogens (tertiary/aromatic N) is 1. The van der Waals surface area contributed by atoms with Gasteiger partial charge in [-0.15, -0.1) is 0 Å². The Morgan fingerprint density at radius 3 is 2.26 bits per heavy atom. The molecule has 0 aliphatic carbocycles. The summed E-state index contributed by atoms with van der Waals surface area (Å²) in [6, 6.07) is 26.1. The van der Waals surface area contributed by atoms with Crippen LogP contribution in [0.15, 0.2) is 114 Å². The zero-order valence-corrected chi connectivity index (χ0v) is 17.7. The van der Waals surface area contributed by atoms with Crippen molar-refractivity contribution in [1.82, 2.24) is 3.97 Å². The van der Waals surface area contributed by atoms with Crippen molar-refractivity contribution in [2.75, 3.05) is 11.1 Å². The van der Waals surface area contributed by atoms with E-state index in [9.17, 15) is 8.42 Å². The normalized spacial score (nSPS) is 11.6. The van der Waals surface area contributed by atoms with Gasteiger partial charge in [-0.25, -0.2) is 12.4 Å². The molecule has 0 aliphatic rings. The highest BCUT2D eigenvalue weighted by Gasteiger charge is 2.16. The summed E-state index contributed by atoms with van der Waals surface area (Å²) in [5, 5.41) is 3.13. The van der Waals surface area contributed by atoms with Gasteiger partial charge in [0, 0.05) is 12.4 Å². The van der Waals surface area contributed by atoms with Crippen molar-refractivity contribution in [2.45, 2.75) is 11.3 Å². The number of nitrogen functional groups attached to an aromatic ring is 1. The zero-order valence-electron chi connectivity index (χ0n) is 16.8. The van der Waals surface area contributed by atoms with E-state index >= 15 is 0 Å². The lowest BCUT2D eigenvalue weighted by Crippen LogP contribution is -2.10. The maximum Gasteiger partial charge on any atom is 0.267 e. The molecule has 0 spiro atoms. The van der Waals surface area contributed by atoms with Crippen molar-refractivity contribution in [3.8, 4) is 11.1 Å². The highest BCUT2D eigenvalue weighted by Crippen LogP contribution is 2.23. The van der Waals surface area contributed by atoms with Crippen molar-refractivity contribution < 1.29 is 8.42 Å². The molecular weight excluding hydrogens is 406 g/mol. The molecule has 0 saturated carbocycles. The molecule has 4 rings (SSSR count). The van der Waals surface area contributed by atoms with E-state index in [0.717, 1.165) is 22.4 Å². The third-order valence-corrected chi connectivity index (χ3v) is 6.59. The van der Waals surface area contributed by atoms with Crippen LogP contribution < -0.4 is 11.1 Å². The van der Waals surface area contributed by atoms with Crippen molar-refractivity contribution in [3.05, 3.63) is 115 Å². The van der Waals surface area contributed by atoms with Crippen molar-refractivity contribution in [3.63, 3.8) is 0 Å². The number of nitrogens with two attached hydrogens (primary N) is 1. The van der Waals surface area contributed by atoms with Crippen molar-refractivity contribution >= 4 is 21.4 Å². The zero-order chi connectivity index (χ0) is 21.7. The van der Waals surface area contributed by atoms with Crippen LogP contribution >= 0.6 is 0 Å². The lowest BCUT2D eigenvalue weighted by Gasteiger charge is -2.07. The molecule has 0 amide bonds. The Hall–Kier alpha value is -3.77. The van der Waals surface area contributed by atoms with Crippen molar-refractivity contribution in [1.29, 1.82) is 0 Å². The van der Waals surface area contributed by atoms with Crippen LogP contribution in [0.5, 0.6) is 0 Å². The minimum absolute atomic E-state index is 0.256. The van der Waals surface area contributed by atoms with Crippen LogP contribution in [0.1, 0.15) is 5.56 Å². The van der Waals surface area contributed by atoms with Gasteiger partial charge in [0.2, 0.25) is 0 Å². The maximum atomic E-state index is 13.0. The summed E-state index contributed by atoms with van der Waals surface area (Å²) in [7, 11) is -3.64. The fraction of sp³-hybridized carbons (Fsp3) is 0.0400. The summed E-state index contributed by atoms with van der Waals surface area (Å²) < 4.78 is 27.2. The summed E-state index contributed by atoms with van der Waals surface area (Å²) in [6.07, 6.45) is 7.54. The number of benzene rings is 3. The number of allylic oxidation sites excluding steroid dienone is 1. The van der Waals surface area contributed by atoms with E-state index in [4.69, 9.17) is 5.73 Å². The monoisotopic (exact) mass is 429 g/mol. The molecule has 1 heterocycles. The Labute approximate surface area is 182 Å². The number of hydrogen-bond donors (Lipinski definition) is 2. The third-order valence-electron chi connectivity index (χ3n) is 4.94. The number of rotatable bonds is 7. The molecule has 3 N–H and O–H groups in total. The van der Waals surface area contributed by atoms with Gasteiger partial charge in [-0.1, -0.05) is 60.7 Å². The molecule has 156 valence electrons. The lowest BCUT2D eigenvalue weighted by atomic mass is 10.1. The van der Waals surface area contributed by atoms with E-state index in [-0.39, 0.29) is 4.90 Å². The van der Waals surface area contributed by atoms with E-state index in [1.165, 1.54) is 3.97 Å². The number of nitrogens with one attached hydrogen (secondary N) is 1. The third kappa shape index (κ3) is 4.70. The van der Waals surface area contributed by atoms with Gasteiger partial charge < -0.3 is 11.1 Å². The van der Waals surface area contributed by atoms with Gasteiger partial charge in [0.15, 0.2) is 0 Å². The second kappa shape index (κ2) is 8.93. The SMILES string of the molecule is Nc1ccccc1N/C=C/Cc1ccn(S(=O)(=O)c2ccc(-c3ccccc3)cc2)c1. The molecule has 31 heavy (non-hydrogen) atoms. The van der Waals surface area contributed by atoms with E-state index in [2.05, 4.69) is 5.32 Å². The lowest BCUT2D eigenvalue weighted by molar-refractivity contribution is 0.587. The number of hydrogen-bond acceptors (Lipinski definition) is 4. The Morgan fingerprint density at radius 1 is 0.839 bits per heavy atom. The molecule has 0 aliphatic heterocycles. The molecule has 5 nitrogen and oxygen atoms in total. The molecule has 3 aromatic carbocycles. The van der Waals surface area contributed by atoms with Crippen molar-refractivity contribution in [2.24, 2.45) is 0 Å². The Morgan fingerprint density at radius 2 is 1.52 bits per heavy atom. The predicted octanol–water partition coefficient (Wildman–Crippen LogP) is 5.14. The molecule has 0 bridgehead atoms. The highest BCUT2D eigenvalue weighted by atomic mass is 32.2. The van der Waals surface area contributed by atoms with Crippen LogP contribution in [-0.2, 0) is 16.4 Å². The quantitative estimate of drug-likeness (QED) is 0.399. The average Bonchev–Trinajstić information content (AvgIpc) is 3.28. The summed E-state index contributed by atoms with van der Waals surface area (Å²) in [5.41, 5.74) is 10.3. The molecule has 0 saturated heterocycles. The van der Waals surface area contributed by atoms with Gasteiger partial charge in [-0.3, -0.25) is 0 Å². The first-order valence-corrected chi connectivity index (χ1v) is 11.3. The van der Waals surface area contributed by atoms with E-state index in [0.29, 0.717) is 12.1 Å². The standard InChI is InChI=1S/C25H23N3O2S/c26-24-10-4-5-11-25(24)27-17-6-7-20-16-18-28(19-20)31(29,30)23-14-12-22(13-15-23)21-8-2-1-3-9-21/h1-6,8-19,27H,7,26H2/b17-6+. The fourth-order valence-corrected chi connectivity index (χ4v) is 4.45. The van der Waals surface area contributed by atoms with Gasteiger partial charge >= 0.3 is 0 Å². The summed E-state index contributed by atoms with van der Waals surface area (Å²) in [4.78, 5) is 0.256. The van der Waals surface area contributed by atoms with Crippen LogP contribution in [0.3, 0.4) is 0 Å². The molecule has 4 aromatic rings. The van der Waals surface area contributed by atoms with Crippen LogP contribution in [0, 0.1) is 0 Å². The molecule has 6 heteroatoms. The summed E-state index contributed by atoms with van der Waals surface area (Å²) in [6.45, 7) is 0. The fourth-order valence-electron chi connectivity index (χ4n) is 3.23. The minimum atomic E-state index is -3.64. The van der Waals surface area contributed by atoms with Crippen LogP contribution in [0.2, 0.25) is 0 Å². The molecule has 0 atom stereocenters. The van der Waals surface area contributed by atoms with Crippen LogP contribution in [0.4, 0.5) is 11.4 Å². The Bertz CT molecular complexity index is 1290. The molecule has 0 fully saturated rings. The van der Waals surface area contributed by atoms with Gasteiger partial charge in [0.25, 0.3) is 10.0 Å². The second-order valence-electron chi connectivity index (χ2n) is 7.08. The minimum Gasteiger partial charge on any atom is -0.397 e. The first-order valence-electron chi connectivity index (χ1n) is 9.88. The van der Waals surface area contributed by atoms with E-state index in [1.54, 1.807) is 36.8 Å². The first-order chi connectivity index (χ1) is 15.0. The van der Waals surface area contributed by atoms with Gasteiger partial charge in [0.05, 0.1) is 16.3 Å². The number of para-hydroxylation sites is 2. The molecule has 1 aromatic heterocycles. The van der Waals surface area contributed by atoms with E-state index in [1.807, 2.05) is 72.8 Å². The highest BCUT2D eigenvalue weighted by molar-refractivity contribution is 7.90. The average molecular weight is 430 g/mol. The number of aromatic nitrogens is 1. The largest absolute Gasteiger partial charge is 0.397 e. The number of anilines is 2. The Kier molecular flexibility index (Phi) is 5.91. The van der Waals surface area contributed by atoms with Gasteiger partial charge in [-0.2, -0.15) is 0 Å². The summed E-state index contributed by atoms with van der Waals surface area (Å²) >= 11 is 0. The Balaban J connectivity index is 1.44. The topological polar surface area (TPSA) is 77.1 Å². The molecular formula is C25H23N3O2S. The van der Waals surface area contributed by atoms with E-state index < -0.39 is 10.0 Å². The maximum absolute atomic E-state index is 13.0. The van der Waals surface area contributed by atoms with Gasteiger partial charge in [-0.05, 0) is 59.6 Å². The molecule has 0 radical (unpaired) electrons. The molecule has 0 unspecified atom stereocenters. The van der Waals surface area contributed by atoms with Gasteiger partial charge in [0.1, 0.15) is 0 Å².